The van der Waals surface area contributed by atoms with E-state index in [-0.39, 0.29) is 5.02 Å². The Hall–Kier alpha value is -2.77. The maximum Gasteiger partial charge on any atom is 0.325 e. The van der Waals surface area contributed by atoms with Gasteiger partial charge in [-0.15, -0.1) is 0 Å². The molecule has 1 heterocycles. The number of ether oxygens (including phenoxy) is 1. The summed E-state index contributed by atoms with van der Waals surface area (Å²) in [5, 5.41) is 5.93. The highest BCUT2D eigenvalue weighted by Crippen LogP contribution is 2.35. The van der Waals surface area contributed by atoms with Crippen molar-refractivity contribution in [3.8, 4) is 5.75 Å². The van der Waals surface area contributed by atoms with E-state index in [9.17, 15) is 14.4 Å². The van der Waals surface area contributed by atoms with E-state index in [1.165, 1.54) is 13.0 Å². The zero-order chi connectivity index (χ0) is 21.2. The van der Waals surface area contributed by atoms with Crippen molar-refractivity contribution in [2.75, 3.05) is 18.5 Å². The molecular formula is C20H19Cl2N3O4. The number of rotatable bonds is 6. The van der Waals surface area contributed by atoms with E-state index >= 15 is 0 Å². The number of halogens is 2. The number of carbonyl (C=O) groups is 3. The fourth-order valence-corrected chi connectivity index (χ4v) is 3.70. The fraction of sp³-hybridized carbons (Fsp3) is 0.250. The molecule has 1 saturated heterocycles. The van der Waals surface area contributed by atoms with Crippen LogP contribution in [0.15, 0.2) is 42.5 Å². The van der Waals surface area contributed by atoms with Gasteiger partial charge in [0.15, 0.2) is 0 Å². The van der Waals surface area contributed by atoms with Crippen LogP contribution < -0.4 is 15.4 Å². The van der Waals surface area contributed by atoms with Gasteiger partial charge in [-0.1, -0.05) is 41.4 Å². The zero-order valence-electron chi connectivity index (χ0n) is 15.8. The van der Waals surface area contributed by atoms with Crippen LogP contribution in [0, 0.1) is 0 Å². The Bertz CT molecular complexity index is 982. The molecule has 0 aromatic heterocycles. The number of anilines is 1. The summed E-state index contributed by atoms with van der Waals surface area (Å²) in [5.74, 6) is -0.620. The van der Waals surface area contributed by atoms with Gasteiger partial charge in [-0.3, -0.25) is 14.5 Å². The van der Waals surface area contributed by atoms with Crippen LogP contribution in [0.3, 0.4) is 0 Å². The molecule has 0 aliphatic carbocycles. The lowest BCUT2D eigenvalue weighted by atomic mass is 9.92. The van der Waals surface area contributed by atoms with Gasteiger partial charge in [-0.25, -0.2) is 4.79 Å². The first-order chi connectivity index (χ1) is 13.8. The lowest BCUT2D eigenvalue weighted by Crippen LogP contribution is -2.42. The Kier molecular flexibility index (Phi) is 6.00. The minimum Gasteiger partial charge on any atom is -0.492 e. The Morgan fingerprint density at radius 2 is 1.93 bits per heavy atom. The molecule has 2 aromatic carbocycles. The van der Waals surface area contributed by atoms with E-state index in [0.717, 1.165) is 4.90 Å². The van der Waals surface area contributed by atoms with E-state index in [1.54, 1.807) is 36.4 Å². The molecule has 0 spiro atoms. The topological polar surface area (TPSA) is 87.7 Å². The smallest absolute Gasteiger partial charge is 0.325 e. The number of urea groups is 1. The van der Waals surface area contributed by atoms with Crippen molar-refractivity contribution in [3.05, 3.63) is 58.1 Å². The average Bonchev–Trinajstić information content (AvgIpc) is 2.87. The third-order valence-electron chi connectivity index (χ3n) is 4.51. The fourth-order valence-electron chi connectivity index (χ4n) is 3.10. The molecule has 0 bridgehead atoms. The molecule has 3 rings (SSSR count). The number of hydrogen-bond acceptors (Lipinski definition) is 4. The highest BCUT2D eigenvalue weighted by Gasteiger charge is 2.50. The van der Waals surface area contributed by atoms with Crippen LogP contribution in [0.2, 0.25) is 10.0 Å². The number of imide groups is 1. The lowest BCUT2D eigenvalue weighted by Gasteiger charge is -2.23. The molecule has 0 radical (unpaired) electrons. The number of amides is 4. The van der Waals surface area contributed by atoms with Crippen molar-refractivity contribution in [3.63, 3.8) is 0 Å². The molecule has 2 N–H and O–H groups in total. The van der Waals surface area contributed by atoms with Crippen molar-refractivity contribution < 1.29 is 19.1 Å². The van der Waals surface area contributed by atoms with Gasteiger partial charge in [0.25, 0.3) is 5.91 Å². The first-order valence-corrected chi connectivity index (χ1v) is 9.63. The van der Waals surface area contributed by atoms with Gasteiger partial charge in [0.2, 0.25) is 5.91 Å². The van der Waals surface area contributed by atoms with Crippen molar-refractivity contribution in [2.45, 2.75) is 19.4 Å². The van der Waals surface area contributed by atoms with Crippen LogP contribution in [0.25, 0.3) is 0 Å². The Morgan fingerprint density at radius 1 is 1.21 bits per heavy atom. The lowest BCUT2D eigenvalue weighted by molar-refractivity contribution is -0.133. The maximum absolute atomic E-state index is 13.0. The number of para-hydroxylation sites is 2. The molecule has 4 amide bonds. The third-order valence-corrected chi connectivity index (χ3v) is 5.06. The Labute approximate surface area is 177 Å². The first kappa shape index (κ1) is 21.0. The predicted molar refractivity (Wildman–Crippen MR) is 110 cm³/mol. The summed E-state index contributed by atoms with van der Waals surface area (Å²) in [6.07, 6.45) is 0. The molecule has 1 fully saturated rings. The summed E-state index contributed by atoms with van der Waals surface area (Å²) in [5.41, 5.74) is -0.552. The molecule has 9 heteroatoms. The second kappa shape index (κ2) is 8.31. The summed E-state index contributed by atoms with van der Waals surface area (Å²) in [6.45, 7) is 3.34. The first-order valence-electron chi connectivity index (χ1n) is 8.87. The van der Waals surface area contributed by atoms with Crippen molar-refractivity contribution in [2.24, 2.45) is 0 Å². The van der Waals surface area contributed by atoms with Gasteiger partial charge in [0, 0.05) is 15.6 Å². The number of benzene rings is 2. The van der Waals surface area contributed by atoms with Crippen LogP contribution in [0.4, 0.5) is 10.5 Å². The molecule has 152 valence electrons. The predicted octanol–water partition coefficient (Wildman–Crippen LogP) is 3.80. The SMILES string of the molecule is CCOc1ccccc1NC(=O)CN1C(=O)N[C@@](C)(c2ccc(Cl)cc2Cl)C1=O. The molecule has 29 heavy (non-hydrogen) atoms. The van der Waals surface area contributed by atoms with Gasteiger partial charge >= 0.3 is 6.03 Å². The summed E-state index contributed by atoms with van der Waals surface area (Å²) in [4.78, 5) is 38.8. The normalized spacial score (nSPS) is 18.6. The van der Waals surface area contributed by atoms with Gasteiger partial charge in [0.05, 0.1) is 12.3 Å². The summed E-state index contributed by atoms with van der Waals surface area (Å²) < 4.78 is 5.46. The standard InChI is InChI=1S/C20H19Cl2N3O4/c1-3-29-16-7-5-4-6-15(16)23-17(26)11-25-18(27)20(2,24-19(25)28)13-9-8-12(21)10-14(13)22/h4-10H,3,11H2,1-2H3,(H,23,26)(H,24,28)/t20-/m0/s1. The van der Waals surface area contributed by atoms with E-state index in [0.29, 0.717) is 28.6 Å². The number of nitrogens with one attached hydrogen (secondary N) is 2. The zero-order valence-corrected chi connectivity index (χ0v) is 17.3. The quantitative estimate of drug-likeness (QED) is 0.675. The third kappa shape index (κ3) is 4.16. The van der Waals surface area contributed by atoms with Gasteiger partial charge in [-0.05, 0) is 38.1 Å². The Morgan fingerprint density at radius 3 is 2.62 bits per heavy atom. The van der Waals surface area contributed by atoms with Crippen molar-refractivity contribution in [1.29, 1.82) is 0 Å². The molecule has 1 atom stereocenters. The Balaban J connectivity index is 1.77. The van der Waals surface area contributed by atoms with Crippen molar-refractivity contribution in [1.82, 2.24) is 10.2 Å². The molecule has 2 aromatic rings. The second-order valence-electron chi connectivity index (χ2n) is 6.55. The second-order valence-corrected chi connectivity index (χ2v) is 7.39. The van der Waals surface area contributed by atoms with E-state index < -0.39 is 29.9 Å². The van der Waals surface area contributed by atoms with Crippen molar-refractivity contribution >= 4 is 46.7 Å². The molecule has 7 nitrogen and oxygen atoms in total. The molecule has 0 unspecified atom stereocenters. The van der Waals surface area contributed by atoms with Crippen LogP contribution in [-0.2, 0) is 15.1 Å². The highest BCUT2D eigenvalue weighted by molar-refractivity contribution is 6.35. The molecule has 1 aliphatic rings. The van der Waals surface area contributed by atoms with Crippen LogP contribution >= 0.6 is 23.2 Å². The van der Waals surface area contributed by atoms with Crippen LogP contribution in [-0.4, -0.2) is 35.9 Å². The van der Waals surface area contributed by atoms with Gasteiger partial charge in [0.1, 0.15) is 17.8 Å². The van der Waals surface area contributed by atoms with Crippen LogP contribution in [0.5, 0.6) is 5.75 Å². The highest BCUT2D eigenvalue weighted by atomic mass is 35.5. The van der Waals surface area contributed by atoms with E-state index in [4.69, 9.17) is 27.9 Å². The molecular weight excluding hydrogens is 417 g/mol. The average molecular weight is 436 g/mol. The molecule has 0 saturated carbocycles. The maximum atomic E-state index is 13.0. The van der Waals surface area contributed by atoms with Gasteiger partial charge in [-0.2, -0.15) is 0 Å². The van der Waals surface area contributed by atoms with Crippen LogP contribution in [0.1, 0.15) is 19.4 Å². The monoisotopic (exact) mass is 435 g/mol. The van der Waals surface area contributed by atoms with E-state index in [2.05, 4.69) is 10.6 Å². The van der Waals surface area contributed by atoms with Gasteiger partial charge < -0.3 is 15.4 Å². The summed E-state index contributed by atoms with van der Waals surface area (Å²) >= 11 is 12.1. The molecule has 1 aliphatic heterocycles. The number of nitrogens with zero attached hydrogens (tertiary/aromatic N) is 1. The minimum absolute atomic E-state index is 0.241. The number of hydrogen-bond donors (Lipinski definition) is 2. The summed E-state index contributed by atoms with van der Waals surface area (Å²) in [6, 6.07) is 10.9. The number of carbonyl (C=O) groups excluding carboxylic acids is 3. The van der Waals surface area contributed by atoms with E-state index in [1.807, 2.05) is 6.92 Å². The largest absolute Gasteiger partial charge is 0.492 e. The summed E-state index contributed by atoms with van der Waals surface area (Å²) in [7, 11) is 0. The minimum atomic E-state index is -1.40.